The Hall–Kier alpha value is -1.47. The molecular weight excluding hydrogens is 210 g/mol. The molecule has 4 heteroatoms. The van der Waals surface area contributed by atoms with Crippen LogP contribution in [0.5, 0.6) is 0 Å². The van der Waals surface area contributed by atoms with Gasteiger partial charge in [0.25, 0.3) is 0 Å². The normalized spacial score (nSPS) is 12.2. The first-order chi connectivity index (χ1) is 7.58. The second kappa shape index (κ2) is 5.57. The van der Waals surface area contributed by atoms with Gasteiger partial charge in [-0.15, -0.1) is 0 Å². The molecule has 1 atom stereocenters. The van der Waals surface area contributed by atoms with Crippen LogP contribution in [0.1, 0.15) is 31.4 Å². The van der Waals surface area contributed by atoms with E-state index in [9.17, 15) is 8.78 Å². The molecule has 0 saturated carbocycles. The van der Waals surface area contributed by atoms with Gasteiger partial charge in [0, 0.05) is 18.2 Å². The van der Waals surface area contributed by atoms with Gasteiger partial charge < -0.3 is 5.32 Å². The Bertz CT molecular complexity index is 387. The van der Waals surface area contributed by atoms with Gasteiger partial charge in [0.05, 0.1) is 11.6 Å². The lowest BCUT2D eigenvalue weighted by Crippen LogP contribution is -2.25. The van der Waals surface area contributed by atoms with Gasteiger partial charge in [-0.25, -0.2) is 8.78 Å². The van der Waals surface area contributed by atoms with E-state index < -0.39 is 11.6 Å². The molecule has 0 fully saturated rings. The third-order valence-electron chi connectivity index (χ3n) is 2.51. The highest BCUT2D eigenvalue weighted by molar-refractivity contribution is 5.34. The number of nitrogens with zero attached hydrogens (tertiary/aromatic N) is 1. The molecule has 0 aromatic heterocycles. The van der Waals surface area contributed by atoms with Crippen LogP contribution in [0.4, 0.5) is 8.78 Å². The summed E-state index contributed by atoms with van der Waals surface area (Å²) in [4.78, 5) is 0. The Morgan fingerprint density at radius 2 is 1.94 bits per heavy atom. The van der Waals surface area contributed by atoms with E-state index in [1.807, 2.05) is 13.8 Å². The van der Waals surface area contributed by atoms with E-state index in [1.54, 1.807) is 6.07 Å². The van der Waals surface area contributed by atoms with Crippen molar-refractivity contribution < 1.29 is 8.78 Å². The highest BCUT2D eigenvalue weighted by Gasteiger charge is 2.11. The fourth-order valence-electron chi connectivity index (χ4n) is 1.26. The molecule has 0 amide bonds. The zero-order valence-corrected chi connectivity index (χ0v) is 9.35. The van der Waals surface area contributed by atoms with Crippen molar-refractivity contribution in [1.82, 2.24) is 5.32 Å². The Balaban J connectivity index is 2.85. The summed E-state index contributed by atoms with van der Waals surface area (Å²) in [6, 6.07) is 4.02. The van der Waals surface area contributed by atoms with Gasteiger partial charge in [0.2, 0.25) is 0 Å². The average molecular weight is 224 g/mol. The van der Waals surface area contributed by atoms with Gasteiger partial charge in [-0.2, -0.15) is 5.26 Å². The smallest absolute Gasteiger partial charge is 0.131 e. The fraction of sp³-hybridized carbons (Fsp3) is 0.417. The topological polar surface area (TPSA) is 35.8 Å². The number of benzene rings is 1. The summed E-state index contributed by atoms with van der Waals surface area (Å²) in [6.45, 7) is 4.07. The number of halogens is 2. The van der Waals surface area contributed by atoms with Crippen LogP contribution in [0.3, 0.4) is 0 Å². The maximum atomic E-state index is 13.4. The van der Waals surface area contributed by atoms with Gasteiger partial charge in [-0.3, -0.25) is 0 Å². The Morgan fingerprint density at radius 3 is 2.38 bits per heavy atom. The SMILES string of the molecule is CCC(C)NCc1c(F)cc(C#N)cc1F. The lowest BCUT2D eigenvalue weighted by atomic mass is 10.1. The molecule has 1 rings (SSSR count). The molecule has 0 heterocycles. The van der Waals surface area contributed by atoms with Crippen LogP contribution >= 0.6 is 0 Å². The standard InChI is InChI=1S/C12H14F2N2/c1-3-8(2)16-7-10-11(13)4-9(6-15)5-12(10)14/h4-5,8,16H,3,7H2,1-2H3. The zero-order chi connectivity index (χ0) is 12.1. The maximum Gasteiger partial charge on any atom is 0.131 e. The number of hydrogen-bond donors (Lipinski definition) is 1. The minimum absolute atomic E-state index is 0.00212. The van der Waals surface area contributed by atoms with Gasteiger partial charge in [0.15, 0.2) is 0 Å². The summed E-state index contributed by atoms with van der Waals surface area (Å²) in [5.74, 6) is -1.35. The summed E-state index contributed by atoms with van der Waals surface area (Å²) in [7, 11) is 0. The van der Waals surface area contributed by atoms with E-state index >= 15 is 0 Å². The number of hydrogen-bond acceptors (Lipinski definition) is 2. The zero-order valence-electron chi connectivity index (χ0n) is 9.35. The van der Waals surface area contributed by atoms with Crippen molar-refractivity contribution in [2.75, 3.05) is 0 Å². The monoisotopic (exact) mass is 224 g/mol. The predicted molar refractivity (Wildman–Crippen MR) is 57.7 cm³/mol. The van der Waals surface area contributed by atoms with E-state index in [-0.39, 0.29) is 23.7 Å². The third-order valence-corrected chi connectivity index (χ3v) is 2.51. The van der Waals surface area contributed by atoms with E-state index in [2.05, 4.69) is 5.32 Å². The predicted octanol–water partition coefficient (Wildman–Crippen LogP) is 2.72. The first-order valence-corrected chi connectivity index (χ1v) is 5.19. The quantitative estimate of drug-likeness (QED) is 0.853. The van der Waals surface area contributed by atoms with Crippen molar-refractivity contribution in [3.8, 4) is 6.07 Å². The molecule has 2 nitrogen and oxygen atoms in total. The van der Waals surface area contributed by atoms with Crippen LogP contribution in [-0.4, -0.2) is 6.04 Å². The first-order valence-electron chi connectivity index (χ1n) is 5.19. The summed E-state index contributed by atoms with van der Waals surface area (Å²) >= 11 is 0. The van der Waals surface area contributed by atoms with Crippen LogP contribution in [0.25, 0.3) is 0 Å². The van der Waals surface area contributed by atoms with Crippen molar-refractivity contribution >= 4 is 0 Å². The van der Waals surface area contributed by atoms with Crippen LogP contribution in [0.2, 0.25) is 0 Å². The molecule has 16 heavy (non-hydrogen) atoms. The van der Waals surface area contributed by atoms with Crippen LogP contribution in [-0.2, 0) is 6.54 Å². The molecule has 0 radical (unpaired) electrons. The largest absolute Gasteiger partial charge is 0.310 e. The molecule has 0 aliphatic rings. The van der Waals surface area contributed by atoms with Crippen molar-refractivity contribution in [2.45, 2.75) is 32.9 Å². The van der Waals surface area contributed by atoms with Gasteiger partial charge >= 0.3 is 0 Å². The van der Waals surface area contributed by atoms with E-state index in [0.29, 0.717) is 0 Å². The third kappa shape index (κ3) is 3.01. The van der Waals surface area contributed by atoms with Crippen LogP contribution < -0.4 is 5.32 Å². The van der Waals surface area contributed by atoms with E-state index in [0.717, 1.165) is 18.6 Å². The molecule has 1 aromatic rings. The lowest BCUT2D eigenvalue weighted by molar-refractivity contribution is 0.492. The van der Waals surface area contributed by atoms with Crippen molar-refractivity contribution in [2.24, 2.45) is 0 Å². The molecule has 1 N–H and O–H groups in total. The minimum Gasteiger partial charge on any atom is -0.310 e. The summed E-state index contributed by atoms with van der Waals surface area (Å²) < 4.78 is 26.8. The molecule has 0 saturated heterocycles. The molecule has 0 aliphatic carbocycles. The molecule has 0 spiro atoms. The first kappa shape index (κ1) is 12.6. The van der Waals surface area contributed by atoms with Gasteiger partial charge in [-0.1, -0.05) is 6.92 Å². The second-order valence-corrected chi connectivity index (χ2v) is 3.72. The van der Waals surface area contributed by atoms with Crippen LogP contribution in [0.15, 0.2) is 12.1 Å². The molecule has 0 aliphatic heterocycles. The second-order valence-electron chi connectivity index (χ2n) is 3.72. The molecule has 86 valence electrons. The minimum atomic E-state index is -0.674. The van der Waals surface area contributed by atoms with Crippen LogP contribution in [0, 0.1) is 23.0 Å². The molecule has 1 unspecified atom stereocenters. The molecule has 0 bridgehead atoms. The van der Waals surface area contributed by atoms with Gasteiger partial charge in [0.1, 0.15) is 11.6 Å². The Kier molecular flexibility index (Phi) is 4.39. The highest BCUT2D eigenvalue weighted by atomic mass is 19.1. The average Bonchev–Trinajstić information content (AvgIpc) is 2.27. The Morgan fingerprint density at radius 1 is 1.38 bits per heavy atom. The summed E-state index contributed by atoms with van der Waals surface area (Å²) in [6.07, 6.45) is 0.888. The summed E-state index contributed by atoms with van der Waals surface area (Å²) in [5, 5.41) is 11.5. The summed E-state index contributed by atoms with van der Waals surface area (Å²) in [5.41, 5.74) is -0.0124. The number of nitrogens with one attached hydrogen (secondary N) is 1. The molecular formula is C12H14F2N2. The van der Waals surface area contributed by atoms with E-state index in [4.69, 9.17) is 5.26 Å². The Labute approximate surface area is 93.9 Å². The lowest BCUT2D eigenvalue weighted by Gasteiger charge is -2.12. The van der Waals surface area contributed by atoms with Gasteiger partial charge in [-0.05, 0) is 25.5 Å². The van der Waals surface area contributed by atoms with Crippen molar-refractivity contribution in [3.63, 3.8) is 0 Å². The van der Waals surface area contributed by atoms with E-state index in [1.165, 1.54) is 0 Å². The number of nitriles is 1. The fourth-order valence-corrected chi connectivity index (χ4v) is 1.26. The van der Waals surface area contributed by atoms with Crippen molar-refractivity contribution in [1.29, 1.82) is 5.26 Å². The van der Waals surface area contributed by atoms with Crippen molar-refractivity contribution in [3.05, 3.63) is 34.9 Å². The molecule has 1 aromatic carbocycles. The maximum absolute atomic E-state index is 13.4. The number of rotatable bonds is 4. The highest BCUT2D eigenvalue weighted by Crippen LogP contribution is 2.15.